The van der Waals surface area contributed by atoms with Crippen LogP contribution in [0.2, 0.25) is 0 Å². The first-order valence-electron chi connectivity index (χ1n) is 4.22. The Balaban J connectivity index is 2.19. The van der Waals surface area contributed by atoms with Crippen LogP contribution in [0.3, 0.4) is 0 Å². The number of aromatic nitrogens is 1. The highest BCUT2D eigenvalue weighted by atomic mass is 32.1. The van der Waals surface area contributed by atoms with Crippen LogP contribution in [0.4, 0.5) is 0 Å². The average Bonchev–Trinajstić information content (AvgIpc) is 2.62. The van der Waals surface area contributed by atoms with E-state index in [2.05, 4.69) is 11.9 Å². The van der Waals surface area contributed by atoms with Gasteiger partial charge in [0.15, 0.2) is 0 Å². The van der Waals surface area contributed by atoms with Crippen molar-refractivity contribution in [1.82, 2.24) is 4.98 Å². The van der Waals surface area contributed by atoms with E-state index in [-0.39, 0.29) is 11.5 Å². The highest BCUT2D eigenvalue weighted by Gasteiger charge is 2.45. The summed E-state index contributed by atoms with van der Waals surface area (Å²) in [4.78, 5) is 4.29. The summed E-state index contributed by atoms with van der Waals surface area (Å²) < 4.78 is 0. The molecule has 2 nitrogen and oxygen atoms in total. The minimum Gasteiger partial charge on any atom is -0.386 e. The van der Waals surface area contributed by atoms with E-state index < -0.39 is 0 Å². The third kappa shape index (κ3) is 1.27. The zero-order chi connectivity index (χ0) is 8.77. The second-order valence-electron chi connectivity index (χ2n) is 3.85. The lowest BCUT2D eigenvalue weighted by atomic mass is 10.0. The Morgan fingerprint density at radius 2 is 2.33 bits per heavy atom. The van der Waals surface area contributed by atoms with Crippen LogP contribution in [-0.4, -0.2) is 10.1 Å². The Morgan fingerprint density at radius 3 is 2.75 bits per heavy atom. The molecule has 1 aliphatic rings. The molecule has 1 N–H and O–H groups in total. The molecule has 1 saturated carbocycles. The topological polar surface area (TPSA) is 33.1 Å². The molecule has 0 spiro atoms. The van der Waals surface area contributed by atoms with Crippen LogP contribution in [0.15, 0.2) is 5.38 Å². The summed E-state index contributed by atoms with van der Waals surface area (Å²) in [5.41, 5.74) is 0.984. The molecular weight excluding hydrogens is 170 g/mol. The van der Waals surface area contributed by atoms with Crippen molar-refractivity contribution in [2.45, 2.75) is 32.8 Å². The number of aliphatic hydroxyl groups excluding tert-OH is 1. The molecule has 1 fully saturated rings. The van der Waals surface area contributed by atoms with Crippen molar-refractivity contribution in [1.29, 1.82) is 0 Å². The normalized spacial score (nSPS) is 22.2. The number of rotatable bonds is 2. The summed E-state index contributed by atoms with van der Waals surface area (Å²) >= 11 is 1.61. The molecule has 1 aliphatic carbocycles. The highest BCUT2D eigenvalue weighted by molar-refractivity contribution is 7.09. The van der Waals surface area contributed by atoms with Crippen molar-refractivity contribution >= 4 is 11.3 Å². The maximum Gasteiger partial charge on any atom is 0.102 e. The third-order valence-electron chi connectivity index (χ3n) is 2.62. The van der Waals surface area contributed by atoms with E-state index in [1.165, 1.54) is 0 Å². The molecule has 1 atom stereocenters. The summed E-state index contributed by atoms with van der Waals surface area (Å²) in [7, 11) is 0. The first-order chi connectivity index (χ1) is 5.62. The van der Waals surface area contributed by atoms with E-state index >= 15 is 0 Å². The molecule has 2 rings (SSSR count). The minimum atomic E-state index is -0.345. The molecule has 0 amide bonds. The first-order valence-corrected chi connectivity index (χ1v) is 5.10. The maximum atomic E-state index is 9.88. The Kier molecular flexibility index (Phi) is 1.73. The van der Waals surface area contributed by atoms with Crippen LogP contribution in [0.25, 0.3) is 0 Å². The van der Waals surface area contributed by atoms with Crippen molar-refractivity contribution in [2.24, 2.45) is 5.41 Å². The van der Waals surface area contributed by atoms with Crippen molar-refractivity contribution in [3.63, 3.8) is 0 Å². The van der Waals surface area contributed by atoms with E-state index in [9.17, 15) is 5.11 Å². The van der Waals surface area contributed by atoms with Gasteiger partial charge in [-0.3, -0.25) is 0 Å². The van der Waals surface area contributed by atoms with Gasteiger partial charge in [0.05, 0.1) is 10.7 Å². The molecule has 1 aromatic heterocycles. The summed E-state index contributed by atoms with van der Waals surface area (Å²) in [6.45, 7) is 4.09. The van der Waals surface area contributed by atoms with Crippen LogP contribution in [0.5, 0.6) is 0 Å². The number of hydrogen-bond acceptors (Lipinski definition) is 3. The number of aryl methyl sites for hydroxylation is 1. The lowest BCUT2D eigenvalue weighted by molar-refractivity contribution is 0.0999. The first kappa shape index (κ1) is 8.20. The molecule has 1 aromatic rings. The molecule has 12 heavy (non-hydrogen) atoms. The van der Waals surface area contributed by atoms with Crippen molar-refractivity contribution in [3.8, 4) is 0 Å². The summed E-state index contributed by atoms with van der Waals surface area (Å²) in [5, 5.41) is 12.9. The third-order valence-corrected chi connectivity index (χ3v) is 3.41. The van der Waals surface area contributed by atoms with E-state index in [0.29, 0.717) is 0 Å². The Hall–Kier alpha value is -0.410. The van der Waals surface area contributed by atoms with Gasteiger partial charge in [0, 0.05) is 5.38 Å². The van der Waals surface area contributed by atoms with Crippen LogP contribution in [0.1, 0.15) is 36.6 Å². The summed E-state index contributed by atoms with van der Waals surface area (Å²) in [6, 6.07) is 0. The van der Waals surface area contributed by atoms with Gasteiger partial charge in [0.25, 0.3) is 0 Å². The number of nitrogens with zero attached hydrogens (tertiary/aromatic N) is 1. The van der Waals surface area contributed by atoms with Crippen molar-refractivity contribution < 1.29 is 5.11 Å². The fourth-order valence-electron chi connectivity index (χ4n) is 1.33. The van der Waals surface area contributed by atoms with Gasteiger partial charge >= 0.3 is 0 Å². The van der Waals surface area contributed by atoms with E-state index in [0.717, 1.165) is 23.5 Å². The quantitative estimate of drug-likeness (QED) is 0.763. The fraction of sp³-hybridized carbons (Fsp3) is 0.667. The van der Waals surface area contributed by atoms with Crippen LogP contribution in [-0.2, 0) is 0 Å². The SMILES string of the molecule is Cc1nc(C(O)C2(C)CC2)cs1. The molecular formula is C9H13NOS. The van der Waals surface area contributed by atoms with Crippen LogP contribution >= 0.6 is 11.3 Å². The van der Waals surface area contributed by atoms with Gasteiger partial charge in [0.2, 0.25) is 0 Å². The molecule has 0 aliphatic heterocycles. The van der Waals surface area contributed by atoms with E-state index in [4.69, 9.17) is 0 Å². The molecule has 0 radical (unpaired) electrons. The lowest BCUT2D eigenvalue weighted by Crippen LogP contribution is -2.09. The highest BCUT2D eigenvalue weighted by Crippen LogP contribution is 2.54. The molecule has 66 valence electrons. The molecule has 0 aromatic carbocycles. The smallest absolute Gasteiger partial charge is 0.102 e. The number of hydrogen-bond donors (Lipinski definition) is 1. The van der Waals surface area contributed by atoms with E-state index in [1.807, 2.05) is 12.3 Å². The fourth-order valence-corrected chi connectivity index (χ4v) is 1.96. The monoisotopic (exact) mass is 183 g/mol. The largest absolute Gasteiger partial charge is 0.386 e. The lowest BCUT2D eigenvalue weighted by Gasteiger charge is -2.14. The maximum absolute atomic E-state index is 9.88. The van der Waals surface area contributed by atoms with Crippen molar-refractivity contribution in [3.05, 3.63) is 16.1 Å². The summed E-state index contributed by atoms with van der Waals surface area (Å²) in [5.74, 6) is 0. The Bertz CT molecular complexity index is 290. The second-order valence-corrected chi connectivity index (χ2v) is 4.91. The Labute approximate surface area is 76.3 Å². The zero-order valence-corrected chi connectivity index (χ0v) is 8.19. The van der Waals surface area contributed by atoms with Gasteiger partial charge in [-0.1, -0.05) is 6.92 Å². The van der Waals surface area contributed by atoms with Gasteiger partial charge in [-0.25, -0.2) is 4.98 Å². The molecule has 3 heteroatoms. The predicted molar refractivity (Wildman–Crippen MR) is 49.2 cm³/mol. The molecule has 0 saturated heterocycles. The van der Waals surface area contributed by atoms with Gasteiger partial charge in [-0.05, 0) is 25.2 Å². The molecule has 1 heterocycles. The molecule has 1 unspecified atom stereocenters. The average molecular weight is 183 g/mol. The van der Waals surface area contributed by atoms with Gasteiger partial charge in [-0.15, -0.1) is 11.3 Å². The summed E-state index contributed by atoms with van der Waals surface area (Å²) in [6.07, 6.45) is 1.91. The van der Waals surface area contributed by atoms with Gasteiger partial charge < -0.3 is 5.11 Å². The van der Waals surface area contributed by atoms with Gasteiger partial charge in [0.1, 0.15) is 6.10 Å². The number of thiazole rings is 1. The van der Waals surface area contributed by atoms with Crippen molar-refractivity contribution in [2.75, 3.05) is 0 Å². The molecule has 0 bridgehead atoms. The predicted octanol–water partition coefficient (Wildman–Crippen LogP) is 2.29. The van der Waals surface area contributed by atoms with Crippen LogP contribution < -0.4 is 0 Å². The van der Waals surface area contributed by atoms with Crippen LogP contribution in [0, 0.1) is 12.3 Å². The number of aliphatic hydroxyl groups is 1. The standard InChI is InChI=1S/C9H13NOS/c1-6-10-7(5-12-6)8(11)9(2)3-4-9/h5,8,11H,3-4H2,1-2H3. The second kappa shape index (κ2) is 2.54. The minimum absolute atomic E-state index is 0.126. The van der Waals surface area contributed by atoms with Gasteiger partial charge in [-0.2, -0.15) is 0 Å². The zero-order valence-electron chi connectivity index (χ0n) is 7.37. The Morgan fingerprint density at radius 1 is 1.67 bits per heavy atom. The van der Waals surface area contributed by atoms with E-state index in [1.54, 1.807) is 11.3 Å².